The molecular formula is C9H12BrF2N2O4-. The molecule has 2 amide bonds. The smallest absolute Gasteiger partial charge is 0.377 e. The zero-order valence-corrected chi connectivity index (χ0v) is 10.9. The minimum absolute atomic E-state index is 0.0411. The maximum atomic E-state index is 12.5. The van der Waals surface area contributed by atoms with E-state index in [4.69, 9.17) is 0 Å². The lowest BCUT2D eigenvalue weighted by Gasteiger charge is -2.39. The Hall–Kier alpha value is -0.960. The zero-order chi connectivity index (χ0) is 14.0. The molecule has 1 aliphatic heterocycles. The highest BCUT2D eigenvalue weighted by atomic mass is 79.9. The summed E-state index contributed by atoms with van der Waals surface area (Å²) in [7, 11) is 0. The predicted molar refractivity (Wildman–Crippen MR) is 58.0 cm³/mol. The second kappa shape index (κ2) is 5.35. The van der Waals surface area contributed by atoms with Crippen molar-refractivity contribution in [2.75, 3.05) is 19.6 Å². The summed E-state index contributed by atoms with van der Waals surface area (Å²) in [5.74, 6) is -1.54. The average molecular weight is 330 g/mol. The number of piperidine rings is 1. The molecule has 0 bridgehead atoms. The SMILES string of the molecule is O=C([O-])N1CCC(O)(CNC(=O)C(F)(F)Br)CC1. The molecule has 0 saturated carbocycles. The maximum Gasteiger partial charge on any atom is 0.377 e. The highest BCUT2D eigenvalue weighted by molar-refractivity contribution is 9.10. The summed E-state index contributed by atoms with van der Waals surface area (Å²) in [4.78, 5) is 18.7. The van der Waals surface area contributed by atoms with Gasteiger partial charge in [0.15, 0.2) is 0 Å². The van der Waals surface area contributed by atoms with Crippen molar-refractivity contribution in [1.29, 1.82) is 0 Å². The van der Waals surface area contributed by atoms with Crippen molar-refractivity contribution in [3.63, 3.8) is 0 Å². The van der Waals surface area contributed by atoms with Crippen LogP contribution in [0.3, 0.4) is 0 Å². The summed E-state index contributed by atoms with van der Waals surface area (Å²) in [6, 6.07) is 0. The minimum atomic E-state index is -3.69. The summed E-state index contributed by atoms with van der Waals surface area (Å²) in [6.45, 7) is -0.271. The molecule has 104 valence electrons. The van der Waals surface area contributed by atoms with Crippen LogP contribution in [0, 0.1) is 0 Å². The number of rotatable bonds is 3. The summed E-state index contributed by atoms with van der Waals surface area (Å²) in [5, 5.41) is 22.4. The van der Waals surface area contributed by atoms with Gasteiger partial charge in [-0.1, -0.05) is 0 Å². The van der Waals surface area contributed by atoms with Gasteiger partial charge in [-0.15, -0.1) is 0 Å². The molecule has 2 N–H and O–H groups in total. The first-order chi connectivity index (χ1) is 8.14. The second-order valence-corrected chi connectivity index (χ2v) is 5.15. The van der Waals surface area contributed by atoms with Gasteiger partial charge >= 0.3 is 10.7 Å². The molecule has 18 heavy (non-hydrogen) atoms. The molecule has 1 saturated heterocycles. The van der Waals surface area contributed by atoms with Crippen LogP contribution in [0.5, 0.6) is 0 Å². The molecule has 0 aromatic heterocycles. The molecule has 1 heterocycles. The number of nitrogens with zero attached hydrogens (tertiary/aromatic N) is 1. The molecule has 9 heteroatoms. The largest absolute Gasteiger partial charge is 0.530 e. The van der Waals surface area contributed by atoms with Gasteiger partial charge in [-0.3, -0.25) is 4.79 Å². The molecule has 0 radical (unpaired) electrons. The number of alkyl halides is 3. The Labute approximate surface area is 110 Å². The Morgan fingerprint density at radius 3 is 2.33 bits per heavy atom. The van der Waals surface area contributed by atoms with E-state index in [1.54, 1.807) is 0 Å². The van der Waals surface area contributed by atoms with Gasteiger partial charge < -0.3 is 25.2 Å². The third-order valence-electron chi connectivity index (χ3n) is 2.79. The summed E-state index contributed by atoms with van der Waals surface area (Å²) >= 11 is 1.89. The third-order valence-corrected chi connectivity index (χ3v) is 3.15. The molecule has 0 atom stereocenters. The Balaban J connectivity index is 2.44. The number of aliphatic hydroxyl groups is 1. The maximum absolute atomic E-state index is 12.5. The lowest BCUT2D eigenvalue weighted by Crippen LogP contribution is -2.55. The van der Waals surface area contributed by atoms with Crippen molar-refractivity contribution >= 4 is 27.9 Å². The van der Waals surface area contributed by atoms with Crippen LogP contribution in [0.15, 0.2) is 0 Å². The zero-order valence-electron chi connectivity index (χ0n) is 9.29. The molecule has 0 aromatic carbocycles. The Morgan fingerprint density at radius 1 is 1.44 bits per heavy atom. The Bertz CT molecular complexity index is 340. The van der Waals surface area contributed by atoms with E-state index in [9.17, 15) is 28.6 Å². The fourth-order valence-electron chi connectivity index (χ4n) is 1.63. The van der Waals surface area contributed by atoms with Crippen molar-refractivity contribution in [1.82, 2.24) is 10.2 Å². The summed E-state index contributed by atoms with van der Waals surface area (Å²) in [5.41, 5.74) is -1.38. The number of likely N-dealkylation sites (tertiary alicyclic amines) is 1. The van der Waals surface area contributed by atoms with Crippen molar-refractivity contribution in [3.05, 3.63) is 0 Å². The number of amides is 2. The van der Waals surface area contributed by atoms with E-state index in [0.29, 0.717) is 0 Å². The van der Waals surface area contributed by atoms with Crippen LogP contribution in [0.1, 0.15) is 12.8 Å². The number of hydrogen-bond acceptors (Lipinski definition) is 4. The predicted octanol–water partition coefficient (Wildman–Crippen LogP) is -0.740. The van der Waals surface area contributed by atoms with E-state index in [1.807, 2.05) is 21.2 Å². The molecule has 0 aliphatic carbocycles. The van der Waals surface area contributed by atoms with Gasteiger partial charge in [0.1, 0.15) is 6.09 Å². The van der Waals surface area contributed by atoms with Crippen molar-refractivity contribution in [3.8, 4) is 0 Å². The first kappa shape index (κ1) is 15.1. The van der Waals surface area contributed by atoms with Crippen LogP contribution in [-0.2, 0) is 4.79 Å². The lowest BCUT2D eigenvalue weighted by molar-refractivity contribution is -0.267. The molecule has 0 spiro atoms. The van der Waals surface area contributed by atoms with Gasteiger partial charge in [0.25, 0.3) is 0 Å². The van der Waals surface area contributed by atoms with Crippen LogP contribution in [-0.4, -0.2) is 52.1 Å². The number of halogens is 3. The highest BCUT2D eigenvalue weighted by Gasteiger charge is 2.38. The molecule has 0 aromatic rings. The topological polar surface area (TPSA) is 92.7 Å². The minimum Gasteiger partial charge on any atom is -0.530 e. The van der Waals surface area contributed by atoms with Gasteiger partial charge in [-0.25, -0.2) is 0 Å². The van der Waals surface area contributed by atoms with E-state index < -0.39 is 22.4 Å². The molecule has 1 fully saturated rings. The molecule has 1 aliphatic rings. The first-order valence-electron chi connectivity index (χ1n) is 5.17. The van der Waals surface area contributed by atoms with Crippen LogP contribution in [0.25, 0.3) is 0 Å². The summed E-state index contributed by atoms with van der Waals surface area (Å²) in [6.07, 6.45) is -1.24. The van der Waals surface area contributed by atoms with Gasteiger partial charge in [0.2, 0.25) is 0 Å². The monoisotopic (exact) mass is 329 g/mol. The standard InChI is InChI=1S/C9H13BrF2N2O4/c10-9(11,12)6(15)13-5-8(18)1-3-14(4-2-8)7(16)17/h18H,1-5H2,(H,13,15)(H,16,17)/p-1. The van der Waals surface area contributed by atoms with Crippen molar-refractivity contribution < 1.29 is 28.6 Å². The molecule has 6 nitrogen and oxygen atoms in total. The van der Waals surface area contributed by atoms with Crippen LogP contribution in [0.2, 0.25) is 0 Å². The van der Waals surface area contributed by atoms with Crippen molar-refractivity contribution in [2.45, 2.75) is 23.3 Å². The van der Waals surface area contributed by atoms with Gasteiger partial charge in [0, 0.05) is 35.6 Å². The number of hydrogen-bond donors (Lipinski definition) is 2. The quantitative estimate of drug-likeness (QED) is 0.667. The first-order valence-corrected chi connectivity index (χ1v) is 5.97. The number of carboxylic acid groups (broad SMARTS) is 1. The molecule has 0 unspecified atom stereocenters. The second-order valence-electron chi connectivity index (χ2n) is 4.16. The molecule has 1 rings (SSSR count). The van der Waals surface area contributed by atoms with E-state index in [1.165, 1.54) is 0 Å². The van der Waals surface area contributed by atoms with Crippen LogP contribution >= 0.6 is 15.9 Å². The lowest BCUT2D eigenvalue weighted by atomic mass is 9.91. The third kappa shape index (κ3) is 4.05. The normalized spacial score (nSPS) is 19.4. The van der Waals surface area contributed by atoms with Gasteiger partial charge in [-0.2, -0.15) is 8.78 Å². The van der Waals surface area contributed by atoms with Gasteiger partial charge in [-0.05, 0) is 12.8 Å². The number of nitrogens with one attached hydrogen (secondary N) is 1. The fourth-order valence-corrected chi connectivity index (χ4v) is 1.77. The van der Waals surface area contributed by atoms with Crippen molar-refractivity contribution in [2.24, 2.45) is 0 Å². The van der Waals surface area contributed by atoms with E-state index >= 15 is 0 Å². The highest BCUT2D eigenvalue weighted by Crippen LogP contribution is 2.24. The fraction of sp³-hybridized carbons (Fsp3) is 0.778. The van der Waals surface area contributed by atoms with E-state index in [0.717, 1.165) is 4.90 Å². The Kier molecular flexibility index (Phi) is 4.49. The number of carbonyl (C=O) groups is 2. The average Bonchev–Trinajstić information content (AvgIpc) is 2.25. The van der Waals surface area contributed by atoms with E-state index in [-0.39, 0.29) is 32.5 Å². The van der Waals surface area contributed by atoms with Crippen LogP contribution < -0.4 is 10.4 Å². The Morgan fingerprint density at radius 2 is 1.94 bits per heavy atom. The number of carbonyl (C=O) groups excluding carboxylic acids is 2. The van der Waals surface area contributed by atoms with Crippen LogP contribution in [0.4, 0.5) is 13.6 Å². The summed E-state index contributed by atoms with van der Waals surface area (Å²) < 4.78 is 25.0. The van der Waals surface area contributed by atoms with Gasteiger partial charge in [0.05, 0.1) is 5.60 Å². The van der Waals surface area contributed by atoms with E-state index in [2.05, 4.69) is 0 Å². The molecular weight excluding hydrogens is 318 g/mol.